The smallest absolute Gasteiger partial charge is 0.164 e. The zero-order valence-electron chi connectivity index (χ0n) is 15.0. The van der Waals surface area contributed by atoms with Gasteiger partial charge in [-0.2, -0.15) is 0 Å². The van der Waals surface area contributed by atoms with E-state index in [1.807, 2.05) is 12.1 Å². The summed E-state index contributed by atoms with van der Waals surface area (Å²) >= 11 is 0. The Balaban J connectivity index is 1.72. The van der Waals surface area contributed by atoms with Gasteiger partial charge in [0.05, 0.1) is 0 Å². The topological polar surface area (TPSA) is 20.3 Å². The van der Waals surface area contributed by atoms with Crippen molar-refractivity contribution in [3.8, 4) is 0 Å². The first-order valence-electron chi connectivity index (χ1n) is 9.53. The second-order valence-electron chi connectivity index (χ2n) is 7.20. The van der Waals surface area contributed by atoms with Crippen LogP contribution < -0.4 is 0 Å². The van der Waals surface area contributed by atoms with E-state index >= 15 is 0 Å². The van der Waals surface area contributed by atoms with Gasteiger partial charge in [-0.15, -0.1) is 0 Å². The molecule has 0 radical (unpaired) electrons. The number of carbonyl (C=O) groups excluding carboxylic acids is 1. The Hall–Kier alpha value is -1.15. The van der Waals surface area contributed by atoms with Gasteiger partial charge in [0.1, 0.15) is 0 Å². The van der Waals surface area contributed by atoms with E-state index in [1.165, 1.54) is 44.1 Å². The van der Waals surface area contributed by atoms with Crippen LogP contribution >= 0.6 is 0 Å². The fourth-order valence-corrected chi connectivity index (χ4v) is 3.30. The summed E-state index contributed by atoms with van der Waals surface area (Å²) in [6, 6.07) is 8.33. The first-order valence-corrected chi connectivity index (χ1v) is 9.53. The molecule has 0 saturated carbocycles. The normalized spacial score (nSPS) is 16.6. The van der Waals surface area contributed by atoms with Crippen LogP contribution in [0.4, 0.5) is 0 Å². The predicted octanol–water partition coefficient (Wildman–Crippen LogP) is 5.11. The largest absolute Gasteiger partial charge is 0.303 e. The third kappa shape index (κ3) is 6.47. The van der Waals surface area contributed by atoms with Gasteiger partial charge in [-0.3, -0.25) is 4.79 Å². The Labute approximate surface area is 142 Å². The first kappa shape index (κ1) is 18.2. The summed E-state index contributed by atoms with van der Waals surface area (Å²) in [6.45, 7) is 7.80. The lowest BCUT2D eigenvalue weighted by Crippen LogP contribution is -2.34. The summed E-state index contributed by atoms with van der Waals surface area (Å²) in [7, 11) is 0. The number of rotatable bonds is 9. The lowest BCUT2D eigenvalue weighted by molar-refractivity contribution is 0.0953. The number of ketones is 1. The molecular formula is C21H33NO. The van der Waals surface area contributed by atoms with Gasteiger partial charge < -0.3 is 4.90 Å². The maximum absolute atomic E-state index is 12.3. The highest BCUT2D eigenvalue weighted by Gasteiger charge is 2.16. The van der Waals surface area contributed by atoms with Gasteiger partial charge in [-0.05, 0) is 50.3 Å². The Bertz CT molecular complexity index is 457. The van der Waals surface area contributed by atoms with E-state index < -0.39 is 0 Å². The van der Waals surface area contributed by atoms with E-state index in [4.69, 9.17) is 0 Å². The Morgan fingerprint density at radius 1 is 1.09 bits per heavy atom. The third-order valence-electron chi connectivity index (χ3n) is 5.13. The van der Waals surface area contributed by atoms with Crippen molar-refractivity contribution < 1.29 is 4.79 Å². The maximum Gasteiger partial charge on any atom is 0.164 e. The van der Waals surface area contributed by atoms with E-state index in [0.29, 0.717) is 12.2 Å². The summed E-state index contributed by atoms with van der Waals surface area (Å²) in [5.41, 5.74) is 2.25. The number of benzene rings is 1. The molecule has 0 aromatic heterocycles. The highest BCUT2D eigenvalue weighted by Crippen LogP contribution is 2.17. The van der Waals surface area contributed by atoms with Gasteiger partial charge in [0.2, 0.25) is 0 Å². The summed E-state index contributed by atoms with van der Waals surface area (Å²) < 4.78 is 0. The monoisotopic (exact) mass is 315 g/mol. The number of carbonyl (C=O) groups is 1. The molecule has 128 valence electrons. The van der Waals surface area contributed by atoms with E-state index in [0.717, 1.165) is 37.5 Å². The average molecular weight is 316 g/mol. The average Bonchev–Trinajstić information content (AvgIpc) is 2.58. The number of hydrogen-bond acceptors (Lipinski definition) is 2. The van der Waals surface area contributed by atoms with Crippen LogP contribution in [0.5, 0.6) is 0 Å². The fraction of sp³-hybridized carbons (Fsp3) is 0.667. The number of unbranched alkanes of at least 4 members (excludes halogenated alkanes) is 3. The maximum atomic E-state index is 12.3. The molecule has 2 rings (SSSR count). The highest BCUT2D eigenvalue weighted by atomic mass is 16.1. The minimum atomic E-state index is 0.293. The van der Waals surface area contributed by atoms with Gasteiger partial charge in [0.15, 0.2) is 5.78 Å². The summed E-state index contributed by atoms with van der Waals surface area (Å²) in [5.74, 6) is 1.15. The number of Topliss-reactive ketones (excluding diaryl/α,β-unsaturated/α-hetero) is 1. The van der Waals surface area contributed by atoms with Crippen LogP contribution in [-0.4, -0.2) is 30.3 Å². The quantitative estimate of drug-likeness (QED) is 0.466. The van der Waals surface area contributed by atoms with Gasteiger partial charge >= 0.3 is 0 Å². The lowest BCUT2D eigenvalue weighted by Gasteiger charge is -2.29. The van der Waals surface area contributed by atoms with E-state index in [2.05, 4.69) is 30.9 Å². The molecular weight excluding hydrogens is 282 g/mol. The molecule has 23 heavy (non-hydrogen) atoms. The molecule has 1 aliphatic heterocycles. The lowest BCUT2D eigenvalue weighted by atomic mass is 9.98. The molecule has 1 aromatic rings. The fourth-order valence-electron chi connectivity index (χ4n) is 3.30. The molecule has 0 bridgehead atoms. The first-order chi connectivity index (χ1) is 11.2. The molecule has 0 aliphatic carbocycles. The number of nitrogens with zero attached hydrogens (tertiary/aromatic N) is 1. The SMILES string of the molecule is CCCCCCc1ccc(C(=O)CCN2CCC(C)CC2)cc1. The van der Waals surface area contributed by atoms with E-state index in [9.17, 15) is 4.79 Å². The van der Waals surface area contributed by atoms with Gasteiger partial charge in [-0.25, -0.2) is 0 Å². The molecule has 0 spiro atoms. The minimum Gasteiger partial charge on any atom is -0.303 e. The molecule has 0 atom stereocenters. The molecule has 1 aliphatic rings. The zero-order chi connectivity index (χ0) is 16.5. The van der Waals surface area contributed by atoms with Crippen LogP contribution in [0, 0.1) is 5.92 Å². The van der Waals surface area contributed by atoms with Crippen molar-refractivity contribution in [3.05, 3.63) is 35.4 Å². The van der Waals surface area contributed by atoms with Crippen molar-refractivity contribution in [2.24, 2.45) is 5.92 Å². The molecule has 0 amide bonds. The van der Waals surface area contributed by atoms with Crippen molar-refractivity contribution >= 4 is 5.78 Å². The highest BCUT2D eigenvalue weighted by molar-refractivity contribution is 5.96. The van der Waals surface area contributed by atoms with Crippen LogP contribution in [0.3, 0.4) is 0 Å². The Morgan fingerprint density at radius 3 is 2.43 bits per heavy atom. The standard InChI is InChI=1S/C21H33NO/c1-3-4-5-6-7-19-8-10-20(11-9-19)21(23)14-17-22-15-12-18(2)13-16-22/h8-11,18H,3-7,12-17H2,1-2H3. The van der Waals surface area contributed by atoms with Crippen LogP contribution in [0.2, 0.25) is 0 Å². The summed E-state index contributed by atoms with van der Waals surface area (Å²) in [5, 5.41) is 0. The third-order valence-corrected chi connectivity index (χ3v) is 5.13. The van der Waals surface area contributed by atoms with Gasteiger partial charge in [-0.1, -0.05) is 57.4 Å². The summed E-state index contributed by atoms with van der Waals surface area (Å²) in [4.78, 5) is 14.8. The molecule has 1 aromatic carbocycles. The molecule has 2 heteroatoms. The Kier molecular flexibility index (Phi) is 7.81. The van der Waals surface area contributed by atoms with Crippen molar-refractivity contribution in [2.75, 3.05) is 19.6 Å². The zero-order valence-corrected chi connectivity index (χ0v) is 15.0. The van der Waals surface area contributed by atoms with Crippen LogP contribution in [-0.2, 0) is 6.42 Å². The second kappa shape index (κ2) is 9.87. The van der Waals surface area contributed by atoms with Crippen LogP contribution in [0.1, 0.15) is 74.7 Å². The van der Waals surface area contributed by atoms with Gasteiger partial charge in [0, 0.05) is 18.5 Å². The van der Waals surface area contributed by atoms with Crippen molar-refractivity contribution in [3.63, 3.8) is 0 Å². The summed E-state index contributed by atoms with van der Waals surface area (Å²) in [6.07, 6.45) is 9.53. The predicted molar refractivity (Wildman–Crippen MR) is 98.1 cm³/mol. The molecule has 1 heterocycles. The molecule has 0 N–H and O–H groups in total. The molecule has 2 nitrogen and oxygen atoms in total. The van der Waals surface area contributed by atoms with E-state index in [-0.39, 0.29) is 0 Å². The second-order valence-corrected chi connectivity index (χ2v) is 7.20. The molecule has 1 fully saturated rings. The Morgan fingerprint density at radius 2 is 1.78 bits per heavy atom. The van der Waals surface area contributed by atoms with Crippen molar-refractivity contribution in [1.82, 2.24) is 4.90 Å². The van der Waals surface area contributed by atoms with Crippen molar-refractivity contribution in [1.29, 1.82) is 0 Å². The number of hydrogen-bond donors (Lipinski definition) is 0. The molecule has 1 saturated heterocycles. The molecule has 0 unspecified atom stereocenters. The van der Waals surface area contributed by atoms with Crippen LogP contribution in [0.25, 0.3) is 0 Å². The van der Waals surface area contributed by atoms with Crippen molar-refractivity contribution in [2.45, 2.75) is 65.2 Å². The number of likely N-dealkylation sites (tertiary alicyclic amines) is 1. The minimum absolute atomic E-state index is 0.293. The number of piperidine rings is 1. The number of aryl methyl sites for hydroxylation is 1. The van der Waals surface area contributed by atoms with E-state index in [1.54, 1.807) is 0 Å². The van der Waals surface area contributed by atoms with Gasteiger partial charge in [0.25, 0.3) is 0 Å². The van der Waals surface area contributed by atoms with Crippen LogP contribution in [0.15, 0.2) is 24.3 Å².